The Balaban J connectivity index is 1.88. The van der Waals surface area contributed by atoms with Crippen molar-refractivity contribution in [3.05, 3.63) is 75.7 Å². The lowest BCUT2D eigenvalue weighted by atomic mass is 9.83. The van der Waals surface area contributed by atoms with Crippen molar-refractivity contribution in [3.8, 4) is 23.3 Å². The molecule has 1 aliphatic heterocycles. The van der Waals surface area contributed by atoms with Crippen LogP contribution in [-0.2, 0) is 0 Å². The second-order valence-electron chi connectivity index (χ2n) is 6.95. The Kier molecular flexibility index (Phi) is 4.12. The van der Waals surface area contributed by atoms with Gasteiger partial charge in [-0.25, -0.2) is 4.79 Å². The number of rotatable bonds is 3. The molecule has 8 heteroatoms. The van der Waals surface area contributed by atoms with Gasteiger partial charge in [0.2, 0.25) is 5.88 Å². The van der Waals surface area contributed by atoms with Crippen LogP contribution in [0.5, 0.6) is 17.2 Å². The van der Waals surface area contributed by atoms with Crippen LogP contribution in [0.2, 0.25) is 0 Å². The fourth-order valence-electron chi connectivity index (χ4n) is 4.00. The summed E-state index contributed by atoms with van der Waals surface area (Å²) in [6.07, 6.45) is 1.51. The van der Waals surface area contributed by atoms with Gasteiger partial charge >= 0.3 is 5.63 Å². The van der Waals surface area contributed by atoms with Crippen LogP contribution in [0.25, 0.3) is 21.9 Å². The molecule has 2 aromatic heterocycles. The number of nitrogens with zero attached hydrogens (tertiary/aromatic N) is 1. The summed E-state index contributed by atoms with van der Waals surface area (Å²) in [6.45, 7) is 0. The molecule has 0 bridgehead atoms. The lowest BCUT2D eigenvalue weighted by Gasteiger charge is -2.26. The van der Waals surface area contributed by atoms with E-state index < -0.39 is 11.5 Å². The highest BCUT2D eigenvalue weighted by molar-refractivity contribution is 6.04. The maximum absolute atomic E-state index is 13.1. The maximum Gasteiger partial charge on any atom is 0.344 e. The van der Waals surface area contributed by atoms with Crippen molar-refractivity contribution in [2.24, 2.45) is 5.73 Å². The Morgan fingerprint density at radius 2 is 1.87 bits per heavy atom. The van der Waals surface area contributed by atoms with E-state index in [1.807, 2.05) is 0 Å². The quantitative estimate of drug-likeness (QED) is 0.501. The van der Waals surface area contributed by atoms with Gasteiger partial charge in [-0.3, -0.25) is 0 Å². The summed E-state index contributed by atoms with van der Waals surface area (Å²) in [4.78, 5) is 13.1. The molecule has 2 N–H and O–H groups in total. The molecule has 3 heterocycles. The summed E-state index contributed by atoms with van der Waals surface area (Å²) in [5.41, 5.74) is 7.17. The second-order valence-corrected chi connectivity index (χ2v) is 6.95. The maximum atomic E-state index is 13.1. The van der Waals surface area contributed by atoms with Gasteiger partial charge in [0.1, 0.15) is 39.7 Å². The lowest BCUT2D eigenvalue weighted by molar-refractivity contribution is 0.382. The Bertz CT molecular complexity index is 1470. The summed E-state index contributed by atoms with van der Waals surface area (Å²) in [7, 11) is 3.06. The normalized spacial score (nSPS) is 15.5. The van der Waals surface area contributed by atoms with Gasteiger partial charge in [0.25, 0.3) is 0 Å². The van der Waals surface area contributed by atoms with Gasteiger partial charge in [-0.1, -0.05) is 12.1 Å². The van der Waals surface area contributed by atoms with E-state index in [9.17, 15) is 10.1 Å². The van der Waals surface area contributed by atoms with E-state index >= 15 is 0 Å². The van der Waals surface area contributed by atoms with Crippen LogP contribution in [0.4, 0.5) is 0 Å². The first-order valence-electron chi connectivity index (χ1n) is 9.33. The zero-order chi connectivity index (χ0) is 21.7. The van der Waals surface area contributed by atoms with E-state index in [0.29, 0.717) is 33.4 Å². The predicted octanol–water partition coefficient (Wildman–Crippen LogP) is 3.77. The number of benzene rings is 2. The number of nitriles is 1. The van der Waals surface area contributed by atoms with Gasteiger partial charge in [0.15, 0.2) is 5.75 Å². The molecule has 4 aromatic rings. The largest absolute Gasteiger partial charge is 0.497 e. The molecule has 5 rings (SSSR count). The Morgan fingerprint density at radius 1 is 1.10 bits per heavy atom. The Labute approximate surface area is 175 Å². The lowest BCUT2D eigenvalue weighted by Crippen LogP contribution is -2.26. The van der Waals surface area contributed by atoms with Crippen molar-refractivity contribution in [1.29, 1.82) is 5.26 Å². The third-order valence-corrected chi connectivity index (χ3v) is 5.40. The molecule has 0 amide bonds. The monoisotopic (exact) mass is 416 g/mol. The van der Waals surface area contributed by atoms with E-state index in [4.69, 9.17) is 28.8 Å². The van der Waals surface area contributed by atoms with Crippen molar-refractivity contribution >= 4 is 21.9 Å². The van der Waals surface area contributed by atoms with Crippen LogP contribution < -0.4 is 25.6 Å². The zero-order valence-corrected chi connectivity index (χ0v) is 16.6. The molecule has 0 saturated carbocycles. The molecule has 0 saturated heterocycles. The number of methoxy groups -OCH3 is 2. The summed E-state index contributed by atoms with van der Waals surface area (Å²) in [5, 5.41) is 10.9. The fraction of sp³-hybridized carbons (Fsp3) is 0.130. The summed E-state index contributed by atoms with van der Waals surface area (Å²) < 4.78 is 27.8. The molecule has 154 valence electrons. The van der Waals surface area contributed by atoms with Crippen LogP contribution in [-0.4, -0.2) is 14.2 Å². The molecule has 0 aliphatic carbocycles. The highest BCUT2D eigenvalue weighted by Crippen LogP contribution is 2.48. The smallest absolute Gasteiger partial charge is 0.344 e. The van der Waals surface area contributed by atoms with E-state index in [0.717, 1.165) is 0 Å². The molecule has 0 radical (unpaired) electrons. The van der Waals surface area contributed by atoms with Crippen molar-refractivity contribution in [3.63, 3.8) is 0 Å². The number of allylic oxidation sites excluding steroid dienone is 1. The number of furan rings is 1. The minimum absolute atomic E-state index is 0.0861. The van der Waals surface area contributed by atoms with Gasteiger partial charge in [-0.15, -0.1) is 0 Å². The van der Waals surface area contributed by atoms with Crippen LogP contribution in [0.3, 0.4) is 0 Å². The van der Waals surface area contributed by atoms with Crippen molar-refractivity contribution in [2.75, 3.05) is 14.2 Å². The van der Waals surface area contributed by atoms with E-state index in [1.54, 1.807) is 43.5 Å². The van der Waals surface area contributed by atoms with E-state index in [-0.39, 0.29) is 28.4 Å². The van der Waals surface area contributed by atoms with Crippen molar-refractivity contribution in [1.82, 2.24) is 0 Å². The number of hydrogen-bond acceptors (Lipinski definition) is 8. The Hall–Kier alpha value is -4.38. The molecule has 31 heavy (non-hydrogen) atoms. The number of nitrogens with two attached hydrogens (primary N) is 1. The van der Waals surface area contributed by atoms with Crippen LogP contribution >= 0.6 is 0 Å². The van der Waals surface area contributed by atoms with Gasteiger partial charge < -0.3 is 28.8 Å². The first-order chi connectivity index (χ1) is 15.1. The SMILES string of the molecule is COc1ccc(C2C(C#N)=C(N)Oc3c2c(=O)oc2cc4occc4c(OC)c32)cc1. The number of fused-ring (bicyclic) bond motifs is 4. The van der Waals surface area contributed by atoms with E-state index in [1.165, 1.54) is 13.4 Å². The molecular formula is C23H16N2O6. The topological polar surface area (TPSA) is 121 Å². The summed E-state index contributed by atoms with van der Waals surface area (Å²) >= 11 is 0. The molecule has 1 unspecified atom stereocenters. The molecule has 2 aromatic carbocycles. The van der Waals surface area contributed by atoms with Gasteiger partial charge in [-0.05, 0) is 23.8 Å². The molecule has 0 spiro atoms. The first kappa shape index (κ1) is 18.6. The van der Waals surface area contributed by atoms with Crippen LogP contribution in [0.1, 0.15) is 17.0 Å². The molecular weight excluding hydrogens is 400 g/mol. The average molecular weight is 416 g/mol. The third kappa shape index (κ3) is 2.64. The first-order valence-corrected chi connectivity index (χ1v) is 9.33. The standard InChI is InChI=1S/C23H16N2O6/c1-27-12-5-3-11(4-6-12)17-14(10-24)22(25)31-21-18-16(30-23(26)19(17)21)9-15-13(7-8-29-15)20(18)28-2/h3-9,17H,25H2,1-2H3. The fourth-order valence-corrected chi connectivity index (χ4v) is 4.00. The highest BCUT2D eigenvalue weighted by atomic mass is 16.5. The van der Waals surface area contributed by atoms with Crippen molar-refractivity contribution in [2.45, 2.75) is 5.92 Å². The molecule has 1 aliphatic rings. The Morgan fingerprint density at radius 3 is 2.55 bits per heavy atom. The van der Waals surface area contributed by atoms with Gasteiger partial charge in [-0.2, -0.15) is 5.26 Å². The minimum atomic E-state index is -0.773. The minimum Gasteiger partial charge on any atom is -0.497 e. The number of ether oxygens (including phenoxy) is 3. The van der Waals surface area contributed by atoms with Gasteiger partial charge in [0, 0.05) is 6.07 Å². The molecule has 0 fully saturated rings. The highest BCUT2D eigenvalue weighted by Gasteiger charge is 2.36. The number of hydrogen-bond donors (Lipinski definition) is 1. The third-order valence-electron chi connectivity index (χ3n) is 5.40. The van der Waals surface area contributed by atoms with Crippen LogP contribution in [0.15, 0.2) is 67.7 Å². The van der Waals surface area contributed by atoms with Crippen molar-refractivity contribution < 1.29 is 23.0 Å². The zero-order valence-electron chi connectivity index (χ0n) is 16.6. The molecule has 1 atom stereocenters. The van der Waals surface area contributed by atoms with E-state index in [2.05, 4.69) is 6.07 Å². The predicted molar refractivity (Wildman–Crippen MR) is 111 cm³/mol. The second kappa shape index (κ2) is 6.85. The summed E-state index contributed by atoms with van der Waals surface area (Å²) in [5.74, 6) is 0.398. The summed E-state index contributed by atoms with van der Waals surface area (Å²) in [6, 6.07) is 12.4. The molecule has 8 nitrogen and oxygen atoms in total. The van der Waals surface area contributed by atoms with Gasteiger partial charge in [0.05, 0.1) is 37.4 Å². The average Bonchev–Trinajstić information content (AvgIpc) is 3.25. The van der Waals surface area contributed by atoms with Crippen LogP contribution in [0, 0.1) is 11.3 Å².